The van der Waals surface area contributed by atoms with E-state index < -0.39 is 0 Å². The fraction of sp³-hybridized carbons (Fsp3) is 0.786. The first-order valence-electron chi connectivity index (χ1n) is 6.79. The minimum Gasteiger partial charge on any atom is -0.463 e. The molecule has 0 atom stereocenters. The van der Waals surface area contributed by atoms with Crippen LogP contribution in [0.15, 0.2) is 12.2 Å². The van der Waals surface area contributed by atoms with E-state index in [4.69, 9.17) is 4.74 Å². The molecule has 1 aliphatic rings. The molecule has 0 aliphatic heterocycles. The maximum atomic E-state index is 11.3. The summed E-state index contributed by atoms with van der Waals surface area (Å²) in [7, 11) is 0. The topological polar surface area (TPSA) is 38.3 Å². The van der Waals surface area contributed by atoms with Gasteiger partial charge in [-0.3, -0.25) is 0 Å². The number of ether oxygens (including phenoxy) is 1. The lowest BCUT2D eigenvalue weighted by Crippen LogP contribution is -2.24. The summed E-state index contributed by atoms with van der Waals surface area (Å²) in [5.41, 5.74) is 0.524. The van der Waals surface area contributed by atoms with Crippen LogP contribution in [0.5, 0.6) is 0 Å². The van der Waals surface area contributed by atoms with Gasteiger partial charge in [0.15, 0.2) is 0 Å². The van der Waals surface area contributed by atoms with Crippen LogP contribution in [0.2, 0.25) is 0 Å². The van der Waals surface area contributed by atoms with Crippen LogP contribution >= 0.6 is 0 Å². The van der Waals surface area contributed by atoms with Crippen molar-refractivity contribution in [3.05, 3.63) is 12.2 Å². The molecule has 0 heterocycles. The van der Waals surface area contributed by atoms with Crippen molar-refractivity contribution in [2.45, 2.75) is 45.4 Å². The summed E-state index contributed by atoms with van der Waals surface area (Å²) in [5, 5.41) is 3.27. The Bertz CT molecular complexity index is 245. The number of carbonyl (C=O) groups excluding carboxylic acids is 1. The molecule has 0 amide bonds. The molecule has 0 radical (unpaired) electrons. The fourth-order valence-electron chi connectivity index (χ4n) is 2.33. The maximum absolute atomic E-state index is 11.3. The minimum atomic E-state index is -0.280. The second-order valence-electron chi connectivity index (χ2n) is 4.79. The second-order valence-corrected chi connectivity index (χ2v) is 4.79. The molecule has 17 heavy (non-hydrogen) atoms. The predicted octanol–water partition coefficient (Wildman–Crippen LogP) is 2.67. The average Bonchev–Trinajstić information content (AvgIpc) is 2.36. The van der Waals surface area contributed by atoms with E-state index in [1.807, 2.05) is 6.92 Å². The zero-order valence-corrected chi connectivity index (χ0v) is 11.0. The molecule has 1 rings (SSSR count). The highest BCUT2D eigenvalue weighted by atomic mass is 16.5. The van der Waals surface area contributed by atoms with Gasteiger partial charge >= 0.3 is 5.97 Å². The maximum Gasteiger partial charge on any atom is 0.334 e. The largest absolute Gasteiger partial charge is 0.463 e. The predicted molar refractivity (Wildman–Crippen MR) is 69.8 cm³/mol. The van der Waals surface area contributed by atoms with Crippen LogP contribution in [0.1, 0.15) is 45.4 Å². The molecule has 3 heteroatoms. The van der Waals surface area contributed by atoms with Gasteiger partial charge in [-0.05, 0) is 25.8 Å². The summed E-state index contributed by atoms with van der Waals surface area (Å²) in [6.45, 7) is 7.47. The van der Waals surface area contributed by atoms with Gasteiger partial charge in [0.1, 0.15) is 0 Å². The van der Waals surface area contributed by atoms with Crippen LogP contribution in [-0.4, -0.2) is 25.7 Å². The van der Waals surface area contributed by atoms with Gasteiger partial charge in [0.05, 0.1) is 6.61 Å². The molecule has 0 spiro atoms. The molecule has 1 N–H and O–H groups in total. The molecular weight excluding hydrogens is 214 g/mol. The fourth-order valence-corrected chi connectivity index (χ4v) is 2.33. The lowest BCUT2D eigenvalue weighted by Gasteiger charge is -2.21. The molecule has 0 aromatic heterocycles. The summed E-state index contributed by atoms with van der Waals surface area (Å²) < 4.78 is 4.87. The normalized spacial score (nSPS) is 16.8. The van der Waals surface area contributed by atoms with Gasteiger partial charge in [-0.2, -0.15) is 0 Å². The molecule has 0 aromatic carbocycles. The molecule has 1 aliphatic carbocycles. The molecule has 3 nitrogen and oxygen atoms in total. The van der Waals surface area contributed by atoms with Crippen LogP contribution < -0.4 is 5.32 Å². The Balaban J connectivity index is 2.03. The third-order valence-electron chi connectivity index (χ3n) is 3.36. The zero-order chi connectivity index (χ0) is 12.5. The van der Waals surface area contributed by atoms with E-state index >= 15 is 0 Å². The van der Waals surface area contributed by atoms with Gasteiger partial charge in [0.2, 0.25) is 0 Å². The first kappa shape index (κ1) is 14.2. The van der Waals surface area contributed by atoms with Crippen LogP contribution in [0.25, 0.3) is 0 Å². The van der Waals surface area contributed by atoms with Crippen molar-refractivity contribution in [1.29, 1.82) is 0 Å². The highest BCUT2D eigenvalue weighted by molar-refractivity contribution is 5.88. The SMILES string of the molecule is C=C(CNCCC1CCCCC1)C(=O)OCC. The number of carbonyl (C=O) groups is 1. The number of nitrogens with one attached hydrogen (secondary N) is 1. The van der Waals surface area contributed by atoms with Gasteiger partial charge in [-0.25, -0.2) is 4.79 Å². The van der Waals surface area contributed by atoms with E-state index in [9.17, 15) is 4.79 Å². The van der Waals surface area contributed by atoms with Crippen LogP contribution in [0.4, 0.5) is 0 Å². The lowest BCUT2D eigenvalue weighted by atomic mass is 9.87. The van der Waals surface area contributed by atoms with Crippen molar-refractivity contribution in [3.63, 3.8) is 0 Å². The van der Waals surface area contributed by atoms with Crippen molar-refractivity contribution in [2.75, 3.05) is 19.7 Å². The van der Waals surface area contributed by atoms with E-state index in [0.29, 0.717) is 18.7 Å². The van der Waals surface area contributed by atoms with Crippen molar-refractivity contribution < 1.29 is 9.53 Å². The second kappa shape index (κ2) is 8.29. The number of esters is 1. The van der Waals surface area contributed by atoms with E-state index in [-0.39, 0.29) is 5.97 Å². The molecular formula is C14H25NO2. The van der Waals surface area contributed by atoms with Crippen LogP contribution in [-0.2, 0) is 9.53 Å². The van der Waals surface area contributed by atoms with Gasteiger partial charge < -0.3 is 10.1 Å². The van der Waals surface area contributed by atoms with Gasteiger partial charge in [0.25, 0.3) is 0 Å². The smallest absolute Gasteiger partial charge is 0.334 e. The number of rotatable bonds is 7. The summed E-state index contributed by atoms with van der Waals surface area (Å²) in [6.07, 6.45) is 8.15. The summed E-state index contributed by atoms with van der Waals surface area (Å²) in [4.78, 5) is 11.3. The van der Waals surface area contributed by atoms with E-state index in [2.05, 4.69) is 11.9 Å². The highest BCUT2D eigenvalue weighted by Gasteiger charge is 2.13. The van der Waals surface area contributed by atoms with Gasteiger partial charge in [-0.1, -0.05) is 38.7 Å². The molecule has 0 unspecified atom stereocenters. The Labute approximate surface area is 105 Å². The Kier molecular flexibility index (Phi) is 6.94. The standard InChI is InChI=1S/C14H25NO2/c1-3-17-14(16)12(2)11-15-10-9-13-7-5-4-6-8-13/h13,15H,2-11H2,1H3. The van der Waals surface area contributed by atoms with Crippen LogP contribution in [0, 0.1) is 5.92 Å². The Morgan fingerprint density at radius 1 is 1.35 bits per heavy atom. The summed E-state index contributed by atoms with van der Waals surface area (Å²) in [6, 6.07) is 0. The molecule has 1 saturated carbocycles. The Hall–Kier alpha value is -0.830. The molecule has 0 bridgehead atoms. The van der Waals surface area contributed by atoms with Crippen molar-refractivity contribution in [3.8, 4) is 0 Å². The third-order valence-corrected chi connectivity index (χ3v) is 3.36. The number of hydrogen-bond donors (Lipinski definition) is 1. The highest BCUT2D eigenvalue weighted by Crippen LogP contribution is 2.25. The molecule has 0 saturated heterocycles. The molecule has 98 valence electrons. The summed E-state index contributed by atoms with van der Waals surface area (Å²) in [5.74, 6) is 0.602. The van der Waals surface area contributed by atoms with Crippen LogP contribution in [0.3, 0.4) is 0 Å². The number of hydrogen-bond acceptors (Lipinski definition) is 3. The molecule has 1 fully saturated rings. The third kappa shape index (κ3) is 5.87. The average molecular weight is 239 g/mol. The first-order valence-corrected chi connectivity index (χ1v) is 6.79. The first-order chi connectivity index (χ1) is 8.24. The van der Waals surface area contributed by atoms with E-state index in [1.165, 1.54) is 38.5 Å². The van der Waals surface area contributed by atoms with Crippen molar-refractivity contribution >= 4 is 5.97 Å². The monoisotopic (exact) mass is 239 g/mol. The minimum absolute atomic E-state index is 0.280. The van der Waals surface area contributed by atoms with E-state index in [1.54, 1.807) is 0 Å². The lowest BCUT2D eigenvalue weighted by molar-refractivity contribution is -0.138. The van der Waals surface area contributed by atoms with Gasteiger partial charge in [-0.15, -0.1) is 0 Å². The van der Waals surface area contributed by atoms with E-state index in [0.717, 1.165) is 12.5 Å². The zero-order valence-electron chi connectivity index (χ0n) is 11.0. The summed E-state index contributed by atoms with van der Waals surface area (Å²) >= 11 is 0. The molecule has 0 aromatic rings. The quantitative estimate of drug-likeness (QED) is 0.422. The Morgan fingerprint density at radius 2 is 2.06 bits per heavy atom. The Morgan fingerprint density at radius 3 is 2.71 bits per heavy atom. The van der Waals surface area contributed by atoms with Crippen molar-refractivity contribution in [1.82, 2.24) is 5.32 Å². The van der Waals surface area contributed by atoms with Gasteiger partial charge in [0, 0.05) is 12.1 Å². The van der Waals surface area contributed by atoms with Crippen molar-refractivity contribution in [2.24, 2.45) is 5.92 Å².